The van der Waals surface area contributed by atoms with Crippen molar-refractivity contribution in [2.75, 3.05) is 0 Å². The molecule has 0 aromatic rings. The van der Waals surface area contributed by atoms with Crippen molar-refractivity contribution in [1.29, 1.82) is 0 Å². The van der Waals surface area contributed by atoms with Crippen LogP contribution in [0.15, 0.2) is 0 Å². The summed E-state index contributed by atoms with van der Waals surface area (Å²) >= 11 is 7.78. The zero-order valence-corrected chi connectivity index (χ0v) is 12.8. The van der Waals surface area contributed by atoms with Crippen molar-refractivity contribution in [2.45, 2.75) is 50.0 Å². The molecule has 0 N–H and O–H groups in total. The second-order valence-electron chi connectivity index (χ2n) is 3.06. The van der Waals surface area contributed by atoms with Gasteiger partial charge in [0.25, 0.3) is 0 Å². The van der Waals surface area contributed by atoms with E-state index in [1.807, 2.05) is 0 Å². The van der Waals surface area contributed by atoms with Gasteiger partial charge >= 0.3 is 87.6 Å². The normalized spacial score (nSPS) is 12.0. The minimum absolute atomic E-state index is 1.33. The summed E-state index contributed by atoms with van der Waals surface area (Å²) in [6.45, 7) is 4.52. The van der Waals surface area contributed by atoms with E-state index in [9.17, 15) is 0 Å². The third kappa shape index (κ3) is 7.85. The molecule has 11 heavy (non-hydrogen) atoms. The van der Waals surface area contributed by atoms with Crippen LogP contribution in [0.1, 0.15) is 39.5 Å². The van der Waals surface area contributed by atoms with Crippen LogP contribution < -0.4 is 0 Å². The van der Waals surface area contributed by atoms with Gasteiger partial charge in [-0.1, -0.05) is 0 Å². The van der Waals surface area contributed by atoms with Crippen LogP contribution in [0.25, 0.3) is 0 Å². The Morgan fingerprint density at radius 1 is 0.909 bits per heavy atom. The number of hydrogen-bond donors (Lipinski definition) is 0. The maximum atomic E-state index is 3.89. The van der Waals surface area contributed by atoms with Crippen LogP contribution in [0.5, 0.6) is 0 Å². The molecule has 0 aromatic carbocycles. The molecule has 0 saturated heterocycles. The molecule has 0 aliphatic carbocycles. The number of halogens is 2. The summed E-state index contributed by atoms with van der Waals surface area (Å²) in [5.41, 5.74) is 0. The summed E-state index contributed by atoms with van der Waals surface area (Å²) in [7, 11) is -1.59. The van der Waals surface area contributed by atoms with Crippen molar-refractivity contribution in [3.63, 3.8) is 0 Å². The van der Waals surface area contributed by atoms with Crippen molar-refractivity contribution in [3.8, 4) is 0 Å². The molecule has 0 atom stereocenters. The fraction of sp³-hybridized carbons (Fsp3) is 1.00. The predicted molar refractivity (Wildman–Crippen MR) is 63.0 cm³/mol. The average molecular weight is 347 g/mol. The molecule has 0 saturated carbocycles. The zero-order valence-electron chi connectivity index (χ0n) is 7.50. The molecule has 0 radical (unpaired) electrons. The molecule has 0 unspecified atom stereocenters. The molecular weight excluding hydrogens is 329 g/mol. The fourth-order valence-electron chi connectivity index (χ4n) is 0.996. The van der Waals surface area contributed by atoms with Crippen LogP contribution in [0.2, 0.25) is 10.5 Å². The molecule has 0 spiro atoms. The van der Waals surface area contributed by atoms with E-state index in [1.165, 1.54) is 36.2 Å². The fourth-order valence-corrected chi connectivity index (χ4v) is 11.0. The Hall–Kier alpha value is 1.50. The van der Waals surface area contributed by atoms with E-state index in [0.717, 1.165) is 0 Å². The standard InChI is InChI=1S/C8H18Br2Ge/c1-3-5-7-11(9,10)8-6-4-2/h3-8H2,1-2H3. The van der Waals surface area contributed by atoms with E-state index in [1.54, 1.807) is 0 Å². The Morgan fingerprint density at radius 3 is 1.55 bits per heavy atom. The Bertz CT molecular complexity index is 84.1. The van der Waals surface area contributed by atoms with E-state index in [2.05, 4.69) is 41.9 Å². The van der Waals surface area contributed by atoms with Gasteiger partial charge in [-0.05, 0) is 0 Å². The molecule has 0 fully saturated rings. The average Bonchev–Trinajstić information content (AvgIpc) is 1.97. The van der Waals surface area contributed by atoms with Gasteiger partial charge in [-0.25, -0.2) is 0 Å². The van der Waals surface area contributed by atoms with Gasteiger partial charge in [0.15, 0.2) is 0 Å². The van der Waals surface area contributed by atoms with E-state index < -0.39 is 9.58 Å². The Labute approximate surface area is 87.1 Å². The quantitative estimate of drug-likeness (QED) is 0.605. The molecule has 0 amide bonds. The number of hydrogen-bond acceptors (Lipinski definition) is 0. The summed E-state index contributed by atoms with van der Waals surface area (Å²) in [6.07, 6.45) is 5.44. The van der Waals surface area contributed by atoms with Crippen molar-refractivity contribution in [3.05, 3.63) is 0 Å². The van der Waals surface area contributed by atoms with Crippen molar-refractivity contribution >= 4 is 37.6 Å². The third-order valence-electron chi connectivity index (χ3n) is 1.79. The van der Waals surface area contributed by atoms with Crippen LogP contribution in [0.3, 0.4) is 0 Å². The topological polar surface area (TPSA) is 0 Å². The molecule has 0 rings (SSSR count). The second kappa shape index (κ2) is 6.96. The van der Waals surface area contributed by atoms with Gasteiger partial charge in [0, 0.05) is 0 Å². The van der Waals surface area contributed by atoms with Gasteiger partial charge < -0.3 is 0 Å². The zero-order chi connectivity index (χ0) is 8.74. The molecule has 0 nitrogen and oxygen atoms in total. The van der Waals surface area contributed by atoms with Gasteiger partial charge in [0.05, 0.1) is 0 Å². The van der Waals surface area contributed by atoms with Gasteiger partial charge in [0.2, 0.25) is 0 Å². The van der Waals surface area contributed by atoms with E-state index in [0.29, 0.717) is 0 Å². The molecule has 0 aromatic heterocycles. The molecule has 3 heteroatoms. The molecule has 0 aliphatic heterocycles. The second-order valence-corrected chi connectivity index (χ2v) is 30.1. The van der Waals surface area contributed by atoms with E-state index in [4.69, 9.17) is 0 Å². The first kappa shape index (κ1) is 12.5. The van der Waals surface area contributed by atoms with Crippen LogP contribution >= 0.6 is 28.0 Å². The third-order valence-corrected chi connectivity index (χ3v) is 14.6. The van der Waals surface area contributed by atoms with Crippen LogP contribution in [-0.2, 0) is 0 Å². The van der Waals surface area contributed by atoms with Gasteiger partial charge in [0.1, 0.15) is 0 Å². The Morgan fingerprint density at radius 2 is 1.27 bits per heavy atom. The van der Waals surface area contributed by atoms with Gasteiger partial charge in [-0.2, -0.15) is 0 Å². The summed E-state index contributed by atoms with van der Waals surface area (Å²) in [6, 6.07) is 0. The van der Waals surface area contributed by atoms with Crippen LogP contribution in [-0.4, -0.2) is 9.58 Å². The van der Waals surface area contributed by atoms with E-state index in [-0.39, 0.29) is 0 Å². The van der Waals surface area contributed by atoms with Crippen LogP contribution in [0.4, 0.5) is 0 Å². The Kier molecular flexibility index (Phi) is 7.91. The molecule has 0 bridgehead atoms. The number of rotatable bonds is 6. The summed E-state index contributed by atoms with van der Waals surface area (Å²) in [4.78, 5) is 0. The maximum absolute atomic E-state index is 3.89. The minimum atomic E-state index is -1.59. The first-order valence-corrected chi connectivity index (χ1v) is 17.3. The molecule has 68 valence electrons. The number of unbranched alkanes of at least 4 members (excludes halogenated alkanes) is 2. The first-order chi connectivity index (χ1) is 5.12. The van der Waals surface area contributed by atoms with E-state index >= 15 is 0 Å². The van der Waals surface area contributed by atoms with Crippen molar-refractivity contribution in [1.82, 2.24) is 0 Å². The molecule has 0 heterocycles. The summed E-state index contributed by atoms with van der Waals surface area (Å²) < 4.78 is 0. The van der Waals surface area contributed by atoms with Crippen molar-refractivity contribution in [2.24, 2.45) is 0 Å². The summed E-state index contributed by atoms with van der Waals surface area (Å²) in [5.74, 6) is 0. The first-order valence-electron chi connectivity index (χ1n) is 4.50. The molecular formula is C8H18Br2Ge. The Balaban J connectivity index is 3.43. The van der Waals surface area contributed by atoms with Gasteiger partial charge in [-0.15, -0.1) is 0 Å². The molecule has 0 aliphatic rings. The van der Waals surface area contributed by atoms with Crippen LogP contribution in [0, 0.1) is 0 Å². The van der Waals surface area contributed by atoms with Gasteiger partial charge in [-0.3, -0.25) is 0 Å². The monoisotopic (exact) mass is 346 g/mol. The predicted octanol–water partition coefficient (Wildman–Crippen LogP) is 4.82. The summed E-state index contributed by atoms with van der Waals surface area (Å²) in [5, 5.41) is 2.85. The SMILES string of the molecule is CCC[CH2][Ge]([Br])([Br])[CH2]CCC. The van der Waals surface area contributed by atoms with Crippen molar-refractivity contribution < 1.29 is 0 Å².